The lowest BCUT2D eigenvalue weighted by Crippen LogP contribution is -2.24. The Morgan fingerprint density at radius 1 is 1.37 bits per heavy atom. The first kappa shape index (κ1) is 14.1. The van der Waals surface area contributed by atoms with Crippen LogP contribution in [0.4, 0.5) is 0 Å². The van der Waals surface area contributed by atoms with E-state index in [0.717, 1.165) is 11.8 Å². The molecule has 0 bridgehead atoms. The van der Waals surface area contributed by atoms with E-state index >= 15 is 0 Å². The Labute approximate surface area is 113 Å². The summed E-state index contributed by atoms with van der Waals surface area (Å²) in [6.07, 6.45) is 0.688. The van der Waals surface area contributed by atoms with Gasteiger partial charge in [-0.05, 0) is 25.1 Å². The van der Waals surface area contributed by atoms with Gasteiger partial charge in [-0.25, -0.2) is 0 Å². The topological polar surface area (TPSA) is 61.8 Å². The first-order chi connectivity index (χ1) is 8.67. The quantitative estimate of drug-likeness (QED) is 0.779. The Bertz CT molecular complexity index is 577. The van der Waals surface area contributed by atoms with Crippen LogP contribution in [0.1, 0.15) is 26.3 Å². The average Bonchev–Trinajstić information content (AvgIpc) is 2.36. The smallest absolute Gasteiger partial charge is 0.306 e. The number of ether oxygens (including phenoxy) is 2. The van der Waals surface area contributed by atoms with Gasteiger partial charge in [0.05, 0.1) is 12.9 Å². The summed E-state index contributed by atoms with van der Waals surface area (Å²) in [5, 5.41) is 0. The first-order valence-electron chi connectivity index (χ1n) is 6.00. The molecule has 0 aromatic heterocycles. The molecule has 1 heterocycles. The van der Waals surface area contributed by atoms with Gasteiger partial charge in [-0.3, -0.25) is 0 Å². The fourth-order valence-corrected chi connectivity index (χ4v) is 2.44. The van der Waals surface area contributed by atoms with Gasteiger partial charge in [0.15, 0.2) is 6.29 Å². The van der Waals surface area contributed by atoms with Gasteiger partial charge >= 0.3 is 10.1 Å². The average molecular weight is 286 g/mol. The van der Waals surface area contributed by atoms with Crippen molar-refractivity contribution in [2.24, 2.45) is 0 Å². The highest BCUT2D eigenvalue weighted by molar-refractivity contribution is 7.86. The number of benzene rings is 1. The zero-order chi connectivity index (χ0) is 14.3. The number of fused-ring (bicyclic) bond motifs is 1. The Morgan fingerprint density at radius 3 is 2.68 bits per heavy atom. The van der Waals surface area contributed by atoms with Crippen LogP contribution in [0.2, 0.25) is 0 Å². The van der Waals surface area contributed by atoms with Crippen LogP contribution in [-0.2, 0) is 20.3 Å². The maximum Gasteiger partial charge on any atom is 0.306 e. The van der Waals surface area contributed by atoms with Gasteiger partial charge in [-0.1, -0.05) is 13.8 Å². The van der Waals surface area contributed by atoms with Crippen molar-refractivity contribution < 1.29 is 22.1 Å². The molecule has 0 aliphatic carbocycles. The minimum absolute atomic E-state index is 0.281. The molecule has 0 amide bonds. The van der Waals surface area contributed by atoms with Crippen LogP contribution in [0.5, 0.6) is 11.5 Å². The molecule has 1 aromatic rings. The van der Waals surface area contributed by atoms with Gasteiger partial charge in [-0.2, -0.15) is 8.42 Å². The van der Waals surface area contributed by atoms with E-state index in [9.17, 15) is 8.42 Å². The van der Waals surface area contributed by atoms with E-state index in [4.69, 9.17) is 13.7 Å². The van der Waals surface area contributed by atoms with Gasteiger partial charge < -0.3 is 13.7 Å². The molecule has 6 heteroatoms. The van der Waals surface area contributed by atoms with E-state index in [1.165, 1.54) is 0 Å². The Morgan fingerprint density at radius 2 is 2.05 bits per heavy atom. The molecule has 0 N–H and O–H groups in total. The van der Waals surface area contributed by atoms with Crippen molar-refractivity contribution in [2.45, 2.75) is 32.5 Å². The second kappa shape index (κ2) is 4.68. The number of rotatable bonds is 2. The Balaban J connectivity index is 2.45. The summed E-state index contributed by atoms with van der Waals surface area (Å²) in [6, 6.07) is 4.98. The molecule has 2 rings (SSSR count). The summed E-state index contributed by atoms with van der Waals surface area (Å²) in [6.45, 7) is 6.34. The second-order valence-electron chi connectivity index (χ2n) is 5.33. The monoisotopic (exact) mass is 286 g/mol. The van der Waals surface area contributed by atoms with Crippen molar-refractivity contribution in [3.63, 3.8) is 0 Å². The predicted octanol–water partition coefficient (Wildman–Crippen LogP) is 2.06. The molecule has 5 nitrogen and oxygen atoms in total. The molecule has 0 saturated carbocycles. The van der Waals surface area contributed by atoms with Crippen molar-refractivity contribution in [1.82, 2.24) is 0 Å². The lowest BCUT2D eigenvalue weighted by atomic mass is 9.85. The SMILES string of the molecule is CC1OCC(C)(C)c2cc(OS(C)(=O)=O)ccc2O1. The predicted molar refractivity (Wildman–Crippen MR) is 71.0 cm³/mol. The van der Waals surface area contributed by atoms with Crippen molar-refractivity contribution >= 4 is 10.1 Å². The zero-order valence-electron chi connectivity index (χ0n) is 11.5. The van der Waals surface area contributed by atoms with Crippen molar-refractivity contribution in [3.8, 4) is 11.5 Å². The highest BCUT2D eigenvalue weighted by atomic mass is 32.2. The van der Waals surface area contributed by atoms with Gasteiger partial charge in [0.1, 0.15) is 11.5 Å². The summed E-state index contributed by atoms with van der Waals surface area (Å²) in [7, 11) is -3.53. The highest BCUT2D eigenvalue weighted by Gasteiger charge is 2.30. The van der Waals surface area contributed by atoms with Crippen LogP contribution < -0.4 is 8.92 Å². The molecule has 0 saturated heterocycles. The fourth-order valence-electron chi connectivity index (χ4n) is 1.98. The molecule has 1 aliphatic rings. The molecule has 19 heavy (non-hydrogen) atoms. The van der Waals surface area contributed by atoms with Crippen LogP contribution in [0.3, 0.4) is 0 Å². The molecule has 1 atom stereocenters. The van der Waals surface area contributed by atoms with E-state index in [2.05, 4.69) is 0 Å². The second-order valence-corrected chi connectivity index (χ2v) is 6.90. The molecular weight excluding hydrogens is 268 g/mol. The standard InChI is InChI=1S/C13H18O5S/c1-9-16-8-13(2,3)11-7-10(18-19(4,14)15)5-6-12(11)17-9/h5-7,9H,8H2,1-4H3. The largest absolute Gasteiger partial charge is 0.465 e. The third-order valence-electron chi connectivity index (χ3n) is 2.90. The van der Waals surface area contributed by atoms with Gasteiger partial charge in [-0.15, -0.1) is 0 Å². The molecule has 1 unspecified atom stereocenters. The van der Waals surface area contributed by atoms with Crippen LogP contribution in [0, 0.1) is 0 Å². The molecule has 1 aliphatic heterocycles. The first-order valence-corrected chi connectivity index (χ1v) is 7.81. The number of hydrogen-bond donors (Lipinski definition) is 0. The summed E-state index contributed by atoms with van der Waals surface area (Å²) in [5.41, 5.74) is 0.592. The van der Waals surface area contributed by atoms with E-state index in [-0.39, 0.29) is 17.5 Å². The molecule has 0 fully saturated rings. The van der Waals surface area contributed by atoms with Crippen molar-refractivity contribution in [2.75, 3.05) is 12.9 Å². The lowest BCUT2D eigenvalue weighted by molar-refractivity contribution is -0.0695. The van der Waals surface area contributed by atoms with Gasteiger partial charge in [0.25, 0.3) is 0 Å². The normalized spacial score (nSPS) is 22.0. The molecule has 1 aromatic carbocycles. The van der Waals surface area contributed by atoms with Crippen molar-refractivity contribution in [3.05, 3.63) is 23.8 Å². The molecule has 0 spiro atoms. The number of hydrogen-bond acceptors (Lipinski definition) is 5. The van der Waals surface area contributed by atoms with E-state index in [0.29, 0.717) is 12.4 Å². The van der Waals surface area contributed by atoms with Gasteiger partial charge in [0.2, 0.25) is 0 Å². The maximum atomic E-state index is 11.2. The zero-order valence-corrected chi connectivity index (χ0v) is 12.3. The van der Waals surface area contributed by atoms with Crippen LogP contribution in [-0.4, -0.2) is 27.6 Å². The molecule has 0 radical (unpaired) electrons. The third-order valence-corrected chi connectivity index (χ3v) is 3.39. The molecular formula is C13H18O5S. The van der Waals surface area contributed by atoms with Crippen LogP contribution in [0.25, 0.3) is 0 Å². The minimum Gasteiger partial charge on any atom is -0.465 e. The third kappa shape index (κ3) is 3.39. The summed E-state index contributed by atoms with van der Waals surface area (Å²) >= 11 is 0. The lowest BCUT2D eigenvalue weighted by Gasteiger charge is -2.23. The molecule has 106 valence electrons. The van der Waals surface area contributed by atoms with E-state index < -0.39 is 10.1 Å². The van der Waals surface area contributed by atoms with Crippen molar-refractivity contribution in [1.29, 1.82) is 0 Å². The Hall–Kier alpha value is -1.27. The van der Waals surface area contributed by atoms with Crippen LogP contribution in [0.15, 0.2) is 18.2 Å². The maximum absolute atomic E-state index is 11.2. The summed E-state index contributed by atoms with van der Waals surface area (Å²) in [5.74, 6) is 0.975. The minimum atomic E-state index is -3.53. The summed E-state index contributed by atoms with van der Waals surface area (Å²) in [4.78, 5) is 0. The highest BCUT2D eigenvalue weighted by Crippen LogP contribution is 2.38. The Kier molecular flexibility index (Phi) is 3.49. The van der Waals surface area contributed by atoms with E-state index in [1.807, 2.05) is 20.8 Å². The van der Waals surface area contributed by atoms with Gasteiger partial charge in [0, 0.05) is 11.0 Å². The van der Waals surface area contributed by atoms with E-state index in [1.54, 1.807) is 18.2 Å². The fraction of sp³-hybridized carbons (Fsp3) is 0.538. The summed E-state index contributed by atoms with van der Waals surface area (Å²) < 4.78 is 38.5. The van der Waals surface area contributed by atoms with Crippen LogP contribution >= 0.6 is 0 Å².